The summed E-state index contributed by atoms with van der Waals surface area (Å²) in [5.74, 6) is 0.290. The zero-order chi connectivity index (χ0) is 17.6. The molecule has 0 saturated carbocycles. The second kappa shape index (κ2) is 7.85. The van der Waals surface area contributed by atoms with Crippen LogP contribution >= 0.6 is 11.8 Å². The summed E-state index contributed by atoms with van der Waals surface area (Å²) in [4.78, 5) is 19.9. The molecule has 1 aromatic heterocycles. The molecule has 0 amide bonds. The van der Waals surface area contributed by atoms with E-state index in [-0.39, 0.29) is 5.75 Å². The van der Waals surface area contributed by atoms with Crippen molar-refractivity contribution in [3.8, 4) is 5.75 Å². The Morgan fingerprint density at radius 3 is 2.64 bits per heavy atom. The number of carboxylic acid groups (broad SMARTS) is 1. The van der Waals surface area contributed by atoms with Crippen molar-refractivity contribution in [3.63, 3.8) is 0 Å². The largest absolute Gasteiger partial charge is 0.494 e. The summed E-state index contributed by atoms with van der Waals surface area (Å²) in [6, 6.07) is 15.0. The summed E-state index contributed by atoms with van der Waals surface area (Å²) in [6.07, 6.45) is 0. The Balaban J connectivity index is 1.88. The lowest BCUT2D eigenvalue weighted by Crippen LogP contribution is -2.02. The Morgan fingerprint density at radius 2 is 1.92 bits per heavy atom. The summed E-state index contributed by atoms with van der Waals surface area (Å²) in [7, 11) is 0. The number of hydrogen-bond donors (Lipinski definition) is 2. The van der Waals surface area contributed by atoms with Crippen molar-refractivity contribution in [2.24, 2.45) is 0 Å². The number of carboxylic acids is 1. The zero-order valence-electron chi connectivity index (χ0n) is 13.6. The maximum Gasteiger partial charge on any atom is 0.313 e. The third kappa shape index (κ3) is 4.39. The molecule has 0 atom stereocenters. The number of thioether (sulfide) groups is 1. The smallest absolute Gasteiger partial charge is 0.313 e. The third-order valence-electron chi connectivity index (χ3n) is 3.32. The van der Waals surface area contributed by atoms with Gasteiger partial charge in [0.1, 0.15) is 10.8 Å². The van der Waals surface area contributed by atoms with Gasteiger partial charge in [0.15, 0.2) is 0 Å². The first kappa shape index (κ1) is 17.0. The number of nitrogens with one attached hydrogen (secondary N) is 1. The van der Waals surface area contributed by atoms with Crippen LogP contribution in [0.2, 0.25) is 0 Å². The van der Waals surface area contributed by atoms with Gasteiger partial charge >= 0.3 is 5.97 Å². The number of anilines is 2. The van der Waals surface area contributed by atoms with Crippen molar-refractivity contribution >= 4 is 40.3 Å². The van der Waals surface area contributed by atoms with Crippen molar-refractivity contribution in [2.45, 2.75) is 11.9 Å². The predicted molar refractivity (Wildman–Crippen MR) is 98.8 cm³/mol. The topological polar surface area (TPSA) is 84.3 Å². The number of carbonyl (C=O) groups is 1. The van der Waals surface area contributed by atoms with Gasteiger partial charge in [-0.2, -0.15) is 0 Å². The van der Waals surface area contributed by atoms with E-state index >= 15 is 0 Å². The second-order valence-corrected chi connectivity index (χ2v) is 6.10. The van der Waals surface area contributed by atoms with Crippen LogP contribution in [0.1, 0.15) is 6.92 Å². The van der Waals surface area contributed by atoms with Crippen molar-refractivity contribution in [1.82, 2.24) is 9.97 Å². The fourth-order valence-corrected chi connectivity index (χ4v) is 3.01. The molecule has 2 aromatic carbocycles. The Hall–Kier alpha value is -2.80. The van der Waals surface area contributed by atoms with E-state index < -0.39 is 5.97 Å². The highest BCUT2D eigenvalue weighted by atomic mass is 32.2. The quantitative estimate of drug-likeness (QED) is 0.490. The number of aromatic nitrogens is 2. The van der Waals surface area contributed by atoms with Crippen LogP contribution < -0.4 is 10.1 Å². The van der Waals surface area contributed by atoms with E-state index in [0.29, 0.717) is 17.6 Å². The van der Waals surface area contributed by atoms with E-state index in [9.17, 15) is 4.79 Å². The van der Waals surface area contributed by atoms with Crippen LogP contribution in [0, 0.1) is 0 Å². The minimum absolute atomic E-state index is 0.0521. The fourth-order valence-electron chi connectivity index (χ4n) is 2.27. The molecule has 1 heterocycles. The van der Waals surface area contributed by atoms with Gasteiger partial charge in [-0.25, -0.2) is 9.97 Å². The number of benzene rings is 2. The number of aliphatic carboxylic acids is 1. The molecule has 2 N–H and O–H groups in total. The number of hydrogen-bond acceptors (Lipinski definition) is 6. The molecule has 0 bridgehead atoms. The van der Waals surface area contributed by atoms with Gasteiger partial charge < -0.3 is 15.2 Å². The zero-order valence-corrected chi connectivity index (χ0v) is 14.4. The number of fused-ring (bicyclic) bond motifs is 1. The van der Waals surface area contributed by atoms with Gasteiger partial charge in [0.25, 0.3) is 0 Å². The summed E-state index contributed by atoms with van der Waals surface area (Å²) in [5, 5.41) is 13.6. The van der Waals surface area contributed by atoms with Crippen LogP contribution in [0.4, 0.5) is 11.6 Å². The van der Waals surface area contributed by atoms with Gasteiger partial charge in [-0.1, -0.05) is 30.0 Å². The Kier molecular flexibility index (Phi) is 5.35. The molecule has 0 radical (unpaired) electrons. The summed E-state index contributed by atoms with van der Waals surface area (Å²) in [6.45, 7) is 2.55. The lowest BCUT2D eigenvalue weighted by atomic mass is 10.2. The maximum absolute atomic E-state index is 10.9. The Bertz CT molecular complexity index is 884. The Morgan fingerprint density at radius 1 is 1.16 bits per heavy atom. The molecule has 128 valence electrons. The first-order chi connectivity index (χ1) is 12.2. The molecule has 25 heavy (non-hydrogen) atoms. The van der Waals surface area contributed by atoms with Crippen LogP contribution in [-0.4, -0.2) is 33.4 Å². The molecule has 0 aliphatic heterocycles. The van der Waals surface area contributed by atoms with Crippen molar-refractivity contribution in [2.75, 3.05) is 17.7 Å². The van der Waals surface area contributed by atoms with E-state index in [4.69, 9.17) is 9.84 Å². The summed E-state index contributed by atoms with van der Waals surface area (Å²) >= 11 is 1.18. The van der Waals surface area contributed by atoms with Crippen LogP contribution in [-0.2, 0) is 4.79 Å². The van der Waals surface area contributed by atoms with E-state index in [0.717, 1.165) is 22.3 Å². The molecule has 0 fully saturated rings. The molecule has 0 spiro atoms. The van der Waals surface area contributed by atoms with E-state index in [1.165, 1.54) is 11.8 Å². The van der Waals surface area contributed by atoms with Gasteiger partial charge in [-0.05, 0) is 37.3 Å². The molecule has 0 aliphatic rings. The average Bonchev–Trinajstić information content (AvgIpc) is 2.61. The van der Waals surface area contributed by atoms with Gasteiger partial charge in [0.2, 0.25) is 5.95 Å². The van der Waals surface area contributed by atoms with Gasteiger partial charge in [0.05, 0.1) is 17.9 Å². The molecule has 0 unspecified atom stereocenters. The van der Waals surface area contributed by atoms with Crippen LogP contribution in [0.15, 0.2) is 53.6 Å². The number of nitrogens with zero attached hydrogens (tertiary/aromatic N) is 2. The standard InChI is InChI=1S/C18H17N3O3S/c1-2-24-13-9-7-12(8-10-13)19-18-20-15-6-4-3-5-14(15)17(21-18)25-11-16(22)23/h3-10H,2,11H2,1H3,(H,22,23)(H,19,20,21). The lowest BCUT2D eigenvalue weighted by molar-refractivity contribution is -0.133. The molecule has 3 aromatic rings. The normalized spacial score (nSPS) is 10.6. The lowest BCUT2D eigenvalue weighted by Gasteiger charge is -2.10. The summed E-state index contributed by atoms with van der Waals surface area (Å²) in [5.41, 5.74) is 1.59. The molecule has 0 saturated heterocycles. The van der Waals surface area contributed by atoms with E-state index in [2.05, 4.69) is 15.3 Å². The highest BCUT2D eigenvalue weighted by Crippen LogP contribution is 2.27. The number of para-hydroxylation sites is 1. The van der Waals surface area contributed by atoms with Gasteiger partial charge in [-0.3, -0.25) is 4.79 Å². The minimum atomic E-state index is -0.881. The van der Waals surface area contributed by atoms with Crippen molar-refractivity contribution in [3.05, 3.63) is 48.5 Å². The first-order valence-electron chi connectivity index (χ1n) is 7.77. The van der Waals surface area contributed by atoms with E-state index in [1.54, 1.807) is 0 Å². The highest BCUT2D eigenvalue weighted by molar-refractivity contribution is 8.00. The molecule has 6 nitrogen and oxygen atoms in total. The van der Waals surface area contributed by atoms with Crippen LogP contribution in [0.5, 0.6) is 5.75 Å². The predicted octanol–water partition coefficient (Wildman–Crippen LogP) is 3.95. The molecule has 0 aliphatic carbocycles. The molecular weight excluding hydrogens is 338 g/mol. The maximum atomic E-state index is 10.9. The third-order valence-corrected chi connectivity index (χ3v) is 4.30. The van der Waals surface area contributed by atoms with E-state index in [1.807, 2.05) is 55.5 Å². The highest BCUT2D eigenvalue weighted by Gasteiger charge is 2.10. The fraction of sp³-hybridized carbons (Fsp3) is 0.167. The first-order valence-corrected chi connectivity index (χ1v) is 8.75. The minimum Gasteiger partial charge on any atom is -0.494 e. The number of rotatable bonds is 7. The molecule has 7 heteroatoms. The van der Waals surface area contributed by atoms with Gasteiger partial charge in [0, 0.05) is 11.1 Å². The molecule has 3 rings (SSSR count). The number of ether oxygens (including phenoxy) is 1. The second-order valence-electron chi connectivity index (χ2n) is 5.13. The van der Waals surface area contributed by atoms with Gasteiger partial charge in [-0.15, -0.1) is 0 Å². The SMILES string of the molecule is CCOc1ccc(Nc2nc(SCC(=O)O)c3ccccc3n2)cc1. The average molecular weight is 355 g/mol. The van der Waals surface area contributed by atoms with Crippen molar-refractivity contribution < 1.29 is 14.6 Å². The monoisotopic (exact) mass is 355 g/mol. The molecular formula is C18H17N3O3S. The Labute approximate surface area is 149 Å². The van der Waals surface area contributed by atoms with Crippen LogP contribution in [0.25, 0.3) is 10.9 Å². The van der Waals surface area contributed by atoms with Crippen LogP contribution in [0.3, 0.4) is 0 Å². The van der Waals surface area contributed by atoms with Crippen molar-refractivity contribution in [1.29, 1.82) is 0 Å². The summed E-state index contributed by atoms with van der Waals surface area (Å²) < 4.78 is 5.42.